The van der Waals surface area contributed by atoms with Crippen LogP contribution in [0.25, 0.3) is 0 Å². The van der Waals surface area contributed by atoms with Crippen molar-refractivity contribution in [1.29, 1.82) is 0 Å². The van der Waals surface area contributed by atoms with Crippen LogP contribution >= 0.6 is 0 Å². The van der Waals surface area contributed by atoms with Gasteiger partial charge in [0.2, 0.25) is 0 Å². The van der Waals surface area contributed by atoms with Gasteiger partial charge in [0, 0.05) is 25.0 Å². The first-order chi connectivity index (χ1) is 7.74. The zero-order valence-corrected chi connectivity index (χ0v) is 8.84. The average Bonchev–Trinajstić information content (AvgIpc) is 2.65. The molecule has 82 valence electrons. The molecule has 0 saturated carbocycles. The highest BCUT2D eigenvalue weighted by molar-refractivity contribution is 5.99. The van der Waals surface area contributed by atoms with E-state index in [-0.39, 0.29) is 6.03 Å². The first kappa shape index (κ1) is 10.2. The van der Waals surface area contributed by atoms with Crippen molar-refractivity contribution in [2.24, 2.45) is 7.05 Å². The van der Waals surface area contributed by atoms with Crippen LogP contribution in [0, 0.1) is 0 Å². The zero-order valence-electron chi connectivity index (χ0n) is 8.84. The van der Waals surface area contributed by atoms with Gasteiger partial charge in [0.1, 0.15) is 0 Å². The van der Waals surface area contributed by atoms with Gasteiger partial charge in [-0.1, -0.05) is 18.2 Å². The lowest BCUT2D eigenvalue weighted by atomic mass is 10.3. The third kappa shape index (κ3) is 2.60. The van der Waals surface area contributed by atoms with Crippen molar-refractivity contribution in [3.63, 3.8) is 0 Å². The lowest BCUT2D eigenvalue weighted by molar-refractivity contribution is 0.262. The Morgan fingerprint density at radius 3 is 2.56 bits per heavy atom. The number of hydrogen-bond donors (Lipinski definition) is 2. The van der Waals surface area contributed by atoms with E-state index in [0.717, 1.165) is 5.69 Å². The number of carbonyl (C=O) groups excluding carboxylic acids is 1. The first-order valence-corrected chi connectivity index (χ1v) is 4.87. The molecular weight excluding hydrogens is 204 g/mol. The normalized spacial score (nSPS) is 9.81. The first-order valence-electron chi connectivity index (χ1n) is 4.87. The molecule has 0 aliphatic carbocycles. The van der Waals surface area contributed by atoms with Crippen molar-refractivity contribution >= 4 is 17.5 Å². The van der Waals surface area contributed by atoms with E-state index in [1.165, 1.54) is 0 Å². The van der Waals surface area contributed by atoms with Crippen molar-refractivity contribution in [3.05, 3.63) is 42.6 Å². The predicted octanol–water partition coefficient (Wildman–Crippen LogP) is 2.06. The molecule has 2 amide bonds. The van der Waals surface area contributed by atoms with E-state index >= 15 is 0 Å². The molecule has 0 aliphatic rings. The molecule has 1 aromatic heterocycles. The van der Waals surface area contributed by atoms with Crippen LogP contribution in [0.2, 0.25) is 0 Å². The van der Waals surface area contributed by atoms with Crippen LogP contribution < -0.4 is 10.6 Å². The molecule has 1 heterocycles. The summed E-state index contributed by atoms with van der Waals surface area (Å²) in [6, 6.07) is 10.7. The number of anilines is 2. The van der Waals surface area contributed by atoms with Crippen LogP contribution in [-0.2, 0) is 7.05 Å². The Labute approximate surface area is 93.1 Å². The summed E-state index contributed by atoms with van der Waals surface area (Å²) in [5.74, 6) is 0.524. The van der Waals surface area contributed by atoms with Crippen LogP contribution in [-0.4, -0.2) is 15.8 Å². The molecule has 0 bridgehead atoms. The van der Waals surface area contributed by atoms with E-state index < -0.39 is 0 Å². The Morgan fingerprint density at radius 2 is 1.94 bits per heavy atom. The molecule has 0 spiro atoms. The lowest BCUT2D eigenvalue weighted by Crippen LogP contribution is -2.19. The molecule has 0 atom stereocenters. The summed E-state index contributed by atoms with van der Waals surface area (Å²) < 4.78 is 1.62. The largest absolute Gasteiger partial charge is 0.324 e. The Morgan fingerprint density at radius 1 is 1.19 bits per heavy atom. The number of para-hydroxylation sites is 1. The quantitative estimate of drug-likeness (QED) is 0.807. The van der Waals surface area contributed by atoms with Gasteiger partial charge in [0.05, 0.1) is 0 Å². The van der Waals surface area contributed by atoms with E-state index in [1.54, 1.807) is 24.0 Å². The minimum absolute atomic E-state index is 0.301. The third-order valence-electron chi connectivity index (χ3n) is 1.99. The molecule has 0 radical (unpaired) electrons. The standard InChI is InChI=1S/C11H12N4O/c1-15-8-7-10(14-15)13-11(16)12-9-5-3-2-4-6-9/h2-8H,1H3,(H2,12,13,14,16). The molecule has 0 unspecified atom stereocenters. The Balaban J connectivity index is 1.95. The summed E-state index contributed by atoms with van der Waals surface area (Å²) >= 11 is 0. The monoisotopic (exact) mass is 216 g/mol. The summed E-state index contributed by atoms with van der Waals surface area (Å²) in [5, 5.41) is 9.37. The van der Waals surface area contributed by atoms with Crippen molar-refractivity contribution in [1.82, 2.24) is 9.78 Å². The lowest BCUT2D eigenvalue weighted by Gasteiger charge is -2.04. The van der Waals surface area contributed by atoms with Crippen molar-refractivity contribution in [2.45, 2.75) is 0 Å². The highest BCUT2D eigenvalue weighted by Gasteiger charge is 2.03. The van der Waals surface area contributed by atoms with Gasteiger partial charge in [0.25, 0.3) is 0 Å². The van der Waals surface area contributed by atoms with Crippen molar-refractivity contribution < 1.29 is 4.79 Å². The van der Waals surface area contributed by atoms with E-state index in [9.17, 15) is 4.79 Å². The number of carbonyl (C=O) groups is 1. The molecule has 0 saturated heterocycles. The maximum absolute atomic E-state index is 11.5. The molecule has 0 aliphatic heterocycles. The van der Waals surface area contributed by atoms with Gasteiger partial charge in [-0.05, 0) is 12.1 Å². The third-order valence-corrected chi connectivity index (χ3v) is 1.99. The minimum Gasteiger partial charge on any atom is -0.308 e. The molecular formula is C11H12N4O. The molecule has 0 fully saturated rings. The SMILES string of the molecule is Cn1ccc(NC(=O)Nc2ccccc2)n1. The second-order valence-corrected chi connectivity index (χ2v) is 3.32. The fraction of sp³-hybridized carbons (Fsp3) is 0.0909. The molecule has 1 aromatic carbocycles. The number of nitrogens with zero attached hydrogens (tertiary/aromatic N) is 2. The van der Waals surface area contributed by atoms with Gasteiger partial charge in [0.15, 0.2) is 5.82 Å². The summed E-state index contributed by atoms with van der Waals surface area (Å²) in [4.78, 5) is 11.5. The second-order valence-electron chi connectivity index (χ2n) is 3.32. The number of amides is 2. The fourth-order valence-electron chi connectivity index (χ4n) is 1.28. The number of rotatable bonds is 2. The highest BCUT2D eigenvalue weighted by Crippen LogP contribution is 2.06. The predicted molar refractivity (Wildman–Crippen MR) is 62.3 cm³/mol. The number of urea groups is 1. The number of aromatic nitrogens is 2. The molecule has 5 nitrogen and oxygen atoms in total. The van der Waals surface area contributed by atoms with Gasteiger partial charge in [-0.3, -0.25) is 10.00 Å². The van der Waals surface area contributed by atoms with E-state index in [2.05, 4.69) is 15.7 Å². The summed E-state index contributed by atoms with van der Waals surface area (Å²) in [7, 11) is 1.79. The summed E-state index contributed by atoms with van der Waals surface area (Å²) in [6.45, 7) is 0. The average molecular weight is 216 g/mol. The summed E-state index contributed by atoms with van der Waals surface area (Å²) in [6.07, 6.45) is 1.76. The molecule has 2 aromatic rings. The minimum atomic E-state index is -0.301. The van der Waals surface area contributed by atoms with Crippen LogP contribution in [0.5, 0.6) is 0 Å². The van der Waals surface area contributed by atoms with Gasteiger partial charge in [-0.25, -0.2) is 4.79 Å². The number of nitrogens with one attached hydrogen (secondary N) is 2. The number of hydrogen-bond acceptors (Lipinski definition) is 2. The maximum atomic E-state index is 11.5. The smallest absolute Gasteiger partial charge is 0.308 e. The fourth-order valence-corrected chi connectivity index (χ4v) is 1.28. The molecule has 5 heteroatoms. The Kier molecular flexibility index (Phi) is 2.86. The van der Waals surface area contributed by atoms with Crippen LogP contribution in [0.4, 0.5) is 16.3 Å². The highest BCUT2D eigenvalue weighted by atomic mass is 16.2. The van der Waals surface area contributed by atoms with E-state index in [4.69, 9.17) is 0 Å². The van der Waals surface area contributed by atoms with E-state index in [1.807, 2.05) is 30.3 Å². The second kappa shape index (κ2) is 4.48. The topological polar surface area (TPSA) is 59.0 Å². The van der Waals surface area contributed by atoms with Gasteiger partial charge < -0.3 is 5.32 Å². The van der Waals surface area contributed by atoms with Crippen LogP contribution in [0.3, 0.4) is 0 Å². The number of benzene rings is 1. The van der Waals surface area contributed by atoms with Gasteiger partial charge in [-0.2, -0.15) is 5.10 Å². The maximum Gasteiger partial charge on any atom is 0.324 e. The molecule has 2 N–H and O–H groups in total. The summed E-state index contributed by atoms with van der Waals surface area (Å²) in [5.41, 5.74) is 0.746. The van der Waals surface area contributed by atoms with Gasteiger partial charge in [-0.15, -0.1) is 0 Å². The Bertz CT molecular complexity index is 478. The Hall–Kier alpha value is -2.30. The molecule has 16 heavy (non-hydrogen) atoms. The van der Waals surface area contributed by atoms with Crippen LogP contribution in [0.15, 0.2) is 42.6 Å². The molecule has 2 rings (SSSR count). The van der Waals surface area contributed by atoms with E-state index in [0.29, 0.717) is 5.82 Å². The number of aryl methyl sites for hydroxylation is 1. The van der Waals surface area contributed by atoms with Crippen molar-refractivity contribution in [3.8, 4) is 0 Å². The van der Waals surface area contributed by atoms with Crippen LogP contribution in [0.1, 0.15) is 0 Å². The van der Waals surface area contributed by atoms with Gasteiger partial charge >= 0.3 is 6.03 Å². The van der Waals surface area contributed by atoms with Crippen molar-refractivity contribution in [2.75, 3.05) is 10.6 Å². The zero-order chi connectivity index (χ0) is 11.4.